The summed E-state index contributed by atoms with van der Waals surface area (Å²) in [6.07, 6.45) is -2.36. The zero-order chi connectivity index (χ0) is 10.1. The second-order valence-electron chi connectivity index (χ2n) is 2.86. The van der Waals surface area contributed by atoms with E-state index in [0.717, 1.165) is 5.56 Å². The van der Waals surface area contributed by atoms with Gasteiger partial charge in [0.05, 0.1) is 0 Å². The molecular formula is C9H10F3N. The Labute approximate surface area is 74.6 Å². The topological polar surface area (TPSA) is 12.9 Å². The zero-order valence-electron chi connectivity index (χ0n) is 7.44. The van der Waals surface area contributed by atoms with Gasteiger partial charge in [0.2, 0.25) is 0 Å². The minimum absolute atomic E-state index is 0.187. The van der Waals surface area contributed by atoms with Crippen LogP contribution in [0.4, 0.5) is 13.2 Å². The lowest BCUT2D eigenvalue weighted by atomic mass is 10.1. The normalized spacial score (nSPS) is 11.8. The Morgan fingerprint density at radius 1 is 1.38 bits per heavy atom. The highest BCUT2D eigenvalue weighted by Gasteiger charge is 2.34. The van der Waals surface area contributed by atoms with E-state index in [4.69, 9.17) is 0 Å². The molecule has 72 valence electrons. The van der Waals surface area contributed by atoms with Crippen molar-refractivity contribution in [1.29, 1.82) is 0 Å². The van der Waals surface area contributed by atoms with Crippen LogP contribution in [-0.4, -0.2) is 4.98 Å². The summed E-state index contributed by atoms with van der Waals surface area (Å²) in [5, 5.41) is 0. The van der Waals surface area contributed by atoms with E-state index in [1.807, 2.05) is 6.92 Å². The molecule has 1 nitrogen and oxygen atoms in total. The van der Waals surface area contributed by atoms with E-state index in [-0.39, 0.29) is 5.56 Å². The molecule has 0 saturated carbocycles. The van der Waals surface area contributed by atoms with Gasteiger partial charge in [0, 0.05) is 6.20 Å². The summed E-state index contributed by atoms with van der Waals surface area (Å²) < 4.78 is 36.7. The van der Waals surface area contributed by atoms with Gasteiger partial charge in [-0.05, 0) is 24.5 Å². The molecule has 0 amide bonds. The third-order valence-corrected chi connectivity index (χ3v) is 1.81. The predicted molar refractivity (Wildman–Crippen MR) is 43.4 cm³/mol. The maximum absolute atomic E-state index is 12.2. The van der Waals surface area contributed by atoms with E-state index in [0.29, 0.717) is 6.42 Å². The molecule has 13 heavy (non-hydrogen) atoms. The number of nitrogens with zero attached hydrogens (tertiary/aromatic N) is 1. The summed E-state index contributed by atoms with van der Waals surface area (Å²) in [5.74, 6) is 0. The number of rotatable bonds is 1. The van der Waals surface area contributed by atoms with Crippen LogP contribution in [0.1, 0.15) is 23.7 Å². The van der Waals surface area contributed by atoms with Crippen LogP contribution in [0.25, 0.3) is 0 Å². The van der Waals surface area contributed by atoms with Crippen LogP contribution < -0.4 is 0 Å². The van der Waals surface area contributed by atoms with Crippen LogP contribution >= 0.6 is 0 Å². The Balaban J connectivity index is 3.13. The van der Waals surface area contributed by atoms with Crippen molar-refractivity contribution in [2.24, 2.45) is 0 Å². The van der Waals surface area contributed by atoms with Crippen LogP contribution in [-0.2, 0) is 12.6 Å². The fourth-order valence-corrected chi connectivity index (χ4v) is 1.12. The number of aryl methyl sites for hydroxylation is 2. The average Bonchev–Trinajstić information content (AvgIpc) is 2.01. The second kappa shape index (κ2) is 3.36. The highest BCUT2D eigenvalue weighted by atomic mass is 19.4. The van der Waals surface area contributed by atoms with Crippen molar-refractivity contribution in [3.63, 3.8) is 0 Å². The van der Waals surface area contributed by atoms with Gasteiger partial charge in [0.25, 0.3) is 0 Å². The lowest BCUT2D eigenvalue weighted by Crippen LogP contribution is -2.10. The Morgan fingerprint density at radius 3 is 2.38 bits per heavy atom. The van der Waals surface area contributed by atoms with Gasteiger partial charge >= 0.3 is 6.18 Å². The molecule has 0 bridgehead atoms. The van der Waals surface area contributed by atoms with Crippen molar-refractivity contribution in [2.45, 2.75) is 26.4 Å². The Morgan fingerprint density at radius 2 is 2.00 bits per heavy atom. The van der Waals surface area contributed by atoms with Crippen LogP contribution in [0.5, 0.6) is 0 Å². The number of pyridine rings is 1. The van der Waals surface area contributed by atoms with E-state index in [2.05, 4.69) is 4.98 Å². The Kier molecular flexibility index (Phi) is 2.59. The molecule has 1 heterocycles. The van der Waals surface area contributed by atoms with E-state index < -0.39 is 11.9 Å². The van der Waals surface area contributed by atoms with Crippen molar-refractivity contribution in [3.8, 4) is 0 Å². The van der Waals surface area contributed by atoms with Gasteiger partial charge in [0.1, 0.15) is 5.69 Å². The van der Waals surface area contributed by atoms with Gasteiger partial charge in [-0.15, -0.1) is 0 Å². The van der Waals surface area contributed by atoms with E-state index in [9.17, 15) is 13.2 Å². The Hall–Kier alpha value is -1.06. The first-order chi connectivity index (χ1) is 5.95. The maximum atomic E-state index is 12.2. The smallest absolute Gasteiger partial charge is 0.251 e. The molecule has 0 aliphatic rings. The van der Waals surface area contributed by atoms with Crippen LogP contribution in [0.3, 0.4) is 0 Å². The summed E-state index contributed by atoms with van der Waals surface area (Å²) in [6, 6.07) is 1.52. The van der Waals surface area contributed by atoms with Crippen molar-refractivity contribution >= 4 is 0 Å². The van der Waals surface area contributed by atoms with Gasteiger partial charge in [-0.2, -0.15) is 13.2 Å². The fraction of sp³-hybridized carbons (Fsp3) is 0.444. The summed E-state index contributed by atoms with van der Waals surface area (Å²) >= 11 is 0. The summed E-state index contributed by atoms with van der Waals surface area (Å²) in [5.41, 5.74) is 0.224. The maximum Gasteiger partial charge on any atom is 0.433 e. The van der Waals surface area contributed by atoms with Crippen molar-refractivity contribution < 1.29 is 13.2 Å². The summed E-state index contributed by atoms with van der Waals surface area (Å²) in [4.78, 5) is 3.40. The van der Waals surface area contributed by atoms with Gasteiger partial charge in [0.15, 0.2) is 0 Å². The number of alkyl halides is 3. The highest BCUT2D eigenvalue weighted by Crippen LogP contribution is 2.29. The van der Waals surface area contributed by atoms with Gasteiger partial charge in [-0.1, -0.05) is 13.0 Å². The number of aromatic nitrogens is 1. The molecule has 1 aromatic rings. The van der Waals surface area contributed by atoms with Gasteiger partial charge in [-0.25, -0.2) is 0 Å². The first kappa shape index (κ1) is 10.0. The lowest BCUT2D eigenvalue weighted by molar-refractivity contribution is -0.141. The fourth-order valence-electron chi connectivity index (χ4n) is 1.12. The predicted octanol–water partition coefficient (Wildman–Crippen LogP) is 2.97. The largest absolute Gasteiger partial charge is 0.433 e. The van der Waals surface area contributed by atoms with Crippen molar-refractivity contribution in [2.75, 3.05) is 0 Å². The quantitative estimate of drug-likeness (QED) is 0.661. The van der Waals surface area contributed by atoms with Crippen LogP contribution in [0, 0.1) is 6.92 Å². The van der Waals surface area contributed by atoms with Crippen molar-refractivity contribution in [3.05, 3.63) is 29.1 Å². The molecule has 4 heteroatoms. The molecule has 0 spiro atoms. The number of halogens is 3. The molecular weight excluding hydrogens is 179 g/mol. The van der Waals surface area contributed by atoms with Gasteiger partial charge < -0.3 is 0 Å². The standard InChI is InChI=1S/C9H10F3N/c1-3-7-4-6(2)8(13-5-7)9(10,11)12/h4-5H,3H2,1-2H3. The molecule has 0 radical (unpaired) electrons. The Bertz CT molecular complexity index is 304. The molecule has 0 aliphatic carbocycles. The number of hydrogen-bond acceptors (Lipinski definition) is 1. The van der Waals surface area contributed by atoms with E-state index in [1.165, 1.54) is 19.2 Å². The minimum Gasteiger partial charge on any atom is -0.251 e. The lowest BCUT2D eigenvalue weighted by Gasteiger charge is -2.09. The molecule has 0 saturated heterocycles. The van der Waals surface area contributed by atoms with Crippen LogP contribution in [0.2, 0.25) is 0 Å². The first-order valence-corrected chi connectivity index (χ1v) is 3.98. The second-order valence-corrected chi connectivity index (χ2v) is 2.86. The van der Waals surface area contributed by atoms with E-state index >= 15 is 0 Å². The minimum atomic E-state index is -4.34. The third kappa shape index (κ3) is 2.20. The van der Waals surface area contributed by atoms with Gasteiger partial charge in [-0.3, -0.25) is 4.98 Å². The molecule has 1 rings (SSSR count). The number of hydrogen-bond donors (Lipinski definition) is 0. The molecule has 0 atom stereocenters. The third-order valence-electron chi connectivity index (χ3n) is 1.81. The monoisotopic (exact) mass is 189 g/mol. The summed E-state index contributed by atoms with van der Waals surface area (Å²) in [6.45, 7) is 3.30. The average molecular weight is 189 g/mol. The first-order valence-electron chi connectivity index (χ1n) is 3.98. The molecule has 0 aromatic carbocycles. The molecule has 0 aliphatic heterocycles. The molecule has 0 unspecified atom stereocenters. The summed E-state index contributed by atoms with van der Waals surface area (Å²) in [7, 11) is 0. The molecule has 0 N–H and O–H groups in total. The zero-order valence-corrected chi connectivity index (χ0v) is 7.44. The molecule has 0 fully saturated rings. The molecule has 1 aromatic heterocycles. The highest BCUT2D eigenvalue weighted by molar-refractivity contribution is 5.25. The SMILES string of the molecule is CCc1cnc(C(F)(F)F)c(C)c1. The van der Waals surface area contributed by atoms with E-state index in [1.54, 1.807) is 0 Å². The van der Waals surface area contributed by atoms with Crippen molar-refractivity contribution in [1.82, 2.24) is 4.98 Å². The van der Waals surface area contributed by atoms with Crippen LogP contribution in [0.15, 0.2) is 12.3 Å².